The molecule has 0 amide bonds. The molecule has 1 aliphatic rings. The molecule has 0 heterocycles. The minimum Gasteiger partial charge on any atom is -0.313 e. The fourth-order valence-electron chi connectivity index (χ4n) is 3.15. The van der Waals surface area contributed by atoms with Crippen molar-refractivity contribution < 1.29 is 0 Å². The predicted octanol–water partition coefficient (Wildman–Crippen LogP) is 4.93. The third kappa shape index (κ3) is 5.14. The van der Waals surface area contributed by atoms with Gasteiger partial charge in [-0.25, -0.2) is 0 Å². The van der Waals surface area contributed by atoms with E-state index in [0.717, 1.165) is 23.6 Å². The molecule has 0 aliphatic heterocycles. The maximum atomic E-state index is 3.73. The van der Waals surface area contributed by atoms with Gasteiger partial charge in [-0.1, -0.05) is 62.4 Å². The van der Waals surface area contributed by atoms with Crippen molar-refractivity contribution in [2.75, 3.05) is 6.54 Å². The number of benzene rings is 1. The van der Waals surface area contributed by atoms with Crippen molar-refractivity contribution in [3.05, 3.63) is 35.4 Å². The van der Waals surface area contributed by atoms with Crippen LogP contribution in [0.25, 0.3) is 0 Å². The van der Waals surface area contributed by atoms with Gasteiger partial charge in [0.1, 0.15) is 0 Å². The summed E-state index contributed by atoms with van der Waals surface area (Å²) in [6.07, 6.45) is 8.41. The van der Waals surface area contributed by atoms with Gasteiger partial charge in [0.25, 0.3) is 0 Å². The maximum Gasteiger partial charge on any atom is 0.0204 e. The van der Waals surface area contributed by atoms with Crippen LogP contribution in [0.3, 0.4) is 0 Å². The largest absolute Gasteiger partial charge is 0.313 e. The summed E-state index contributed by atoms with van der Waals surface area (Å²) < 4.78 is 0. The highest BCUT2D eigenvalue weighted by Gasteiger charge is 2.22. The summed E-state index contributed by atoms with van der Waals surface area (Å²) in [5, 5.41) is 4.52. The van der Waals surface area contributed by atoms with Crippen molar-refractivity contribution in [1.29, 1.82) is 0 Å². The van der Waals surface area contributed by atoms with Crippen LogP contribution < -0.4 is 5.32 Å². The summed E-state index contributed by atoms with van der Waals surface area (Å²) in [7, 11) is 0. The number of hydrogen-bond donors (Lipinski definition) is 1. The van der Waals surface area contributed by atoms with Crippen LogP contribution in [-0.4, -0.2) is 17.8 Å². The Morgan fingerprint density at radius 2 is 1.95 bits per heavy atom. The molecule has 1 aliphatic carbocycles. The smallest absolute Gasteiger partial charge is 0.0204 e. The van der Waals surface area contributed by atoms with Gasteiger partial charge in [-0.05, 0) is 31.9 Å². The lowest BCUT2D eigenvalue weighted by molar-refractivity contribution is 0.406. The first-order valence-electron chi connectivity index (χ1n) is 8.20. The average molecular weight is 292 g/mol. The van der Waals surface area contributed by atoms with Crippen molar-refractivity contribution in [2.24, 2.45) is 0 Å². The standard InChI is InChI=1S/C18H29NS/c1-3-19-17-11-6-4-5-7-12-18(17)20-14-16-10-8-9-15(2)13-16/h8-10,13,17-19H,3-7,11-12,14H2,1-2H3. The van der Waals surface area contributed by atoms with E-state index in [1.807, 2.05) is 0 Å². The molecular formula is C18H29NS. The summed E-state index contributed by atoms with van der Waals surface area (Å²) in [5.41, 5.74) is 2.86. The summed E-state index contributed by atoms with van der Waals surface area (Å²) >= 11 is 2.17. The monoisotopic (exact) mass is 291 g/mol. The van der Waals surface area contributed by atoms with Gasteiger partial charge in [-0.3, -0.25) is 0 Å². The van der Waals surface area contributed by atoms with E-state index in [1.54, 1.807) is 0 Å². The van der Waals surface area contributed by atoms with Crippen LogP contribution in [0.1, 0.15) is 56.6 Å². The molecule has 1 fully saturated rings. The molecule has 2 atom stereocenters. The SMILES string of the molecule is CCNC1CCCCCCC1SCc1cccc(C)c1. The molecule has 112 valence electrons. The third-order valence-electron chi connectivity index (χ3n) is 4.22. The first kappa shape index (κ1) is 15.9. The zero-order valence-corrected chi connectivity index (χ0v) is 13.8. The average Bonchev–Trinajstić information content (AvgIpc) is 2.41. The molecule has 2 rings (SSSR count). The van der Waals surface area contributed by atoms with Crippen molar-refractivity contribution in [3.8, 4) is 0 Å². The number of hydrogen-bond acceptors (Lipinski definition) is 2. The van der Waals surface area contributed by atoms with Gasteiger partial charge in [0.2, 0.25) is 0 Å². The van der Waals surface area contributed by atoms with E-state index in [9.17, 15) is 0 Å². The maximum absolute atomic E-state index is 3.73. The lowest BCUT2D eigenvalue weighted by Gasteiger charge is -2.29. The van der Waals surface area contributed by atoms with Gasteiger partial charge in [0.15, 0.2) is 0 Å². The van der Waals surface area contributed by atoms with Crippen LogP contribution in [0, 0.1) is 6.92 Å². The van der Waals surface area contributed by atoms with Gasteiger partial charge in [0, 0.05) is 17.0 Å². The molecule has 1 aromatic rings. The van der Waals surface area contributed by atoms with Crippen molar-refractivity contribution >= 4 is 11.8 Å². The minimum absolute atomic E-state index is 0.718. The van der Waals surface area contributed by atoms with Crippen LogP contribution in [0.15, 0.2) is 24.3 Å². The lowest BCUT2D eigenvalue weighted by Crippen LogP contribution is -2.38. The highest BCUT2D eigenvalue weighted by Crippen LogP contribution is 2.29. The second-order valence-electron chi connectivity index (χ2n) is 5.99. The zero-order chi connectivity index (χ0) is 14.2. The lowest BCUT2D eigenvalue weighted by atomic mass is 9.96. The Balaban J connectivity index is 1.92. The van der Waals surface area contributed by atoms with Crippen LogP contribution in [0.2, 0.25) is 0 Å². The fraction of sp³-hybridized carbons (Fsp3) is 0.667. The van der Waals surface area contributed by atoms with Crippen LogP contribution in [0.5, 0.6) is 0 Å². The molecule has 2 heteroatoms. The van der Waals surface area contributed by atoms with Gasteiger partial charge < -0.3 is 5.32 Å². The van der Waals surface area contributed by atoms with Crippen LogP contribution >= 0.6 is 11.8 Å². The molecule has 1 N–H and O–H groups in total. The Labute approximate surface area is 128 Å². The summed E-state index contributed by atoms with van der Waals surface area (Å²) in [6.45, 7) is 5.53. The molecule has 0 aromatic heterocycles. The Morgan fingerprint density at radius 3 is 2.70 bits per heavy atom. The molecule has 0 saturated heterocycles. The summed E-state index contributed by atoms with van der Waals surface area (Å²) in [4.78, 5) is 0. The first-order chi connectivity index (χ1) is 9.79. The Kier molecular flexibility index (Phi) is 6.95. The van der Waals surface area contributed by atoms with E-state index in [2.05, 4.69) is 55.2 Å². The van der Waals surface area contributed by atoms with E-state index < -0.39 is 0 Å². The van der Waals surface area contributed by atoms with Gasteiger partial charge in [0.05, 0.1) is 0 Å². The Morgan fingerprint density at radius 1 is 1.15 bits per heavy atom. The molecule has 1 aromatic carbocycles. The second kappa shape index (κ2) is 8.74. The van der Waals surface area contributed by atoms with E-state index in [4.69, 9.17) is 0 Å². The number of thioether (sulfide) groups is 1. The first-order valence-corrected chi connectivity index (χ1v) is 9.25. The predicted molar refractivity (Wildman–Crippen MR) is 91.4 cm³/mol. The Bertz CT molecular complexity index is 391. The molecule has 1 saturated carbocycles. The van der Waals surface area contributed by atoms with Crippen molar-refractivity contribution in [2.45, 2.75) is 69.4 Å². The second-order valence-corrected chi connectivity index (χ2v) is 7.22. The van der Waals surface area contributed by atoms with Gasteiger partial charge in [-0.15, -0.1) is 0 Å². The molecule has 0 bridgehead atoms. The molecule has 2 unspecified atom stereocenters. The van der Waals surface area contributed by atoms with Crippen LogP contribution in [-0.2, 0) is 5.75 Å². The molecule has 0 radical (unpaired) electrons. The van der Waals surface area contributed by atoms with Crippen molar-refractivity contribution in [3.63, 3.8) is 0 Å². The summed E-state index contributed by atoms with van der Waals surface area (Å²) in [5.74, 6) is 1.16. The number of nitrogens with one attached hydrogen (secondary N) is 1. The van der Waals surface area contributed by atoms with Gasteiger partial charge >= 0.3 is 0 Å². The van der Waals surface area contributed by atoms with Crippen molar-refractivity contribution in [1.82, 2.24) is 5.32 Å². The van der Waals surface area contributed by atoms with Crippen LogP contribution in [0.4, 0.5) is 0 Å². The summed E-state index contributed by atoms with van der Waals surface area (Å²) in [6, 6.07) is 9.69. The topological polar surface area (TPSA) is 12.0 Å². The molecule has 0 spiro atoms. The molecule has 20 heavy (non-hydrogen) atoms. The van der Waals surface area contributed by atoms with E-state index in [-0.39, 0.29) is 0 Å². The highest BCUT2D eigenvalue weighted by molar-refractivity contribution is 7.99. The zero-order valence-electron chi connectivity index (χ0n) is 13.0. The minimum atomic E-state index is 0.718. The molecular weight excluding hydrogens is 262 g/mol. The molecule has 1 nitrogen and oxygen atoms in total. The van der Waals surface area contributed by atoms with E-state index in [0.29, 0.717) is 0 Å². The number of aryl methyl sites for hydroxylation is 1. The van der Waals surface area contributed by atoms with E-state index in [1.165, 1.54) is 49.7 Å². The Hall–Kier alpha value is -0.470. The number of rotatable bonds is 5. The third-order valence-corrected chi connectivity index (χ3v) is 5.71. The quantitative estimate of drug-likeness (QED) is 0.825. The normalized spacial score (nSPS) is 24.1. The fourth-order valence-corrected chi connectivity index (χ4v) is 4.53. The van der Waals surface area contributed by atoms with Gasteiger partial charge in [-0.2, -0.15) is 11.8 Å². The van der Waals surface area contributed by atoms with E-state index >= 15 is 0 Å². The highest BCUT2D eigenvalue weighted by atomic mass is 32.2.